The van der Waals surface area contributed by atoms with Crippen LogP contribution < -0.4 is 5.32 Å². The van der Waals surface area contributed by atoms with Crippen LogP contribution in [0.4, 0.5) is 4.79 Å². The summed E-state index contributed by atoms with van der Waals surface area (Å²) in [5, 5.41) is 2.43. The number of nitrogens with zero attached hydrogens (tertiary/aromatic N) is 4. The second-order valence-electron chi connectivity index (χ2n) is 7.21. The zero-order valence-corrected chi connectivity index (χ0v) is 14.5. The molecule has 1 amide bonds. The van der Waals surface area contributed by atoms with E-state index in [2.05, 4.69) is 31.6 Å². The van der Waals surface area contributed by atoms with Gasteiger partial charge >= 0.3 is 12.1 Å². The molecule has 0 saturated heterocycles. The third kappa shape index (κ3) is 3.84. The van der Waals surface area contributed by atoms with Crippen molar-refractivity contribution >= 4 is 36.3 Å². The molecule has 0 aromatic carbocycles. The minimum Gasteiger partial charge on any atom is -0.456 e. The van der Waals surface area contributed by atoms with Gasteiger partial charge in [-0.2, -0.15) is 0 Å². The predicted octanol–water partition coefficient (Wildman–Crippen LogP) is 1.35. The Hall–Kier alpha value is -2.58. The van der Waals surface area contributed by atoms with Crippen molar-refractivity contribution in [2.75, 3.05) is 0 Å². The Kier molecular flexibility index (Phi) is 4.30. The van der Waals surface area contributed by atoms with E-state index in [0.717, 1.165) is 0 Å². The van der Waals surface area contributed by atoms with Gasteiger partial charge in [0.1, 0.15) is 23.3 Å². The van der Waals surface area contributed by atoms with Crippen LogP contribution in [-0.2, 0) is 14.3 Å². The normalized spacial score (nSPS) is 22.4. The smallest absolute Gasteiger partial charge is 0.410 e. The number of hydrogen-bond acceptors (Lipinski definition) is 8. The van der Waals surface area contributed by atoms with E-state index in [-0.39, 0.29) is 11.5 Å². The predicted molar refractivity (Wildman–Crippen MR) is 88.7 cm³/mol. The highest BCUT2D eigenvalue weighted by molar-refractivity contribution is 6.54. The first-order valence-corrected chi connectivity index (χ1v) is 7.33. The number of nitrogens with one attached hydrogen (secondary N) is 1. The van der Waals surface area contributed by atoms with Crippen LogP contribution in [0.5, 0.6) is 0 Å². The minimum atomic E-state index is -1.94. The summed E-state index contributed by atoms with van der Waals surface area (Å²) >= 11 is 0. The molecule has 2 rings (SSSR count). The fourth-order valence-electron chi connectivity index (χ4n) is 1.88. The first-order chi connectivity index (χ1) is 10.9. The molecule has 0 bridgehead atoms. The van der Waals surface area contributed by atoms with Gasteiger partial charge in [-0.3, -0.25) is 5.32 Å². The van der Waals surface area contributed by atoms with Crippen molar-refractivity contribution in [2.45, 2.75) is 58.4 Å². The molecule has 0 aromatic heterocycles. The monoisotopic (exact) mass is 334 g/mol. The highest BCUT2D eigenvalue weighted by atomic mass is 16.6. The fraction of sp³-hybridized carbons (Fsp3) is 0.600. The average Bonchev–Trinajstić information content (AvgIpc) is 2.83. The van der Waals surface area contributed by atoms with Crippen LogP contribution in [0, 0.1) is 0 Å². The maximum Gasteiger partial charge on any atom is 0.410 e. The van der Waals surface area contributed by atoms with Crippen molar-refractivity contribution in [3.8, 4) is 0 Å². The number of fused-ring (bicyclic) bond motifs is 1. The molecule has 0 spiro atoms. The summed E-state index contributed by atoms with van der Waals surface area (Å²) in [7, 11) is 0. The van der Waals surface area contributed by atoms with Crippen molar-refractivity contribution in [1.82, 2.24) is 5.32 Å². The van der Waals surface area contributed by atoms with E-state index in [1.165, 1.54) is 6.34 Å². The second kappa shape index (κ2) is 5.81. The summed E-state index contributed by atoms with van der Waals surface area (Å²) in [5.41, 5.74) is -3.44. The minimum absolute atomic E-state index is 0.0568. The maximum atomic E-state index is 12.8. The lowest BCUT2D eigenvalue weighted by Gasteiger charge is -2.33. The fourth-order valence-corrected chi connectivity index (χ4v) is 1.88. The number of alkyl carbamates (subject to hydrolysis) is 1. The van der Waals surface area contributed by atoms with Gasteiger partial charge in [0, 0.05) is 0 Å². The quantitative estimate of drug-likeness (QED) is 0.768. The van der Waals surface area contributed by atoms with Crippen molar-refractivity contribution < 1.29 is 19.1 Å². The zero-order valence-electron chi connectivity index (χ0n) is 14.5. The third-order valence-corrected chi connectivity index (χ3v) is 2.67. The molecule has 0 aromatic rings. The number of carbonyl (C=O) groups excluding carboxylic acids is 2. The van der Waals surface area contributed by atoms with E-state index >= 15 is 0 Å². The SMILES string of the molecule is CC(C)(C)OC(=O)NC1(C(=O)OC(C)(C)C)N=[C]N=C2N=CN=C21. The lowest BCUT2D eigenvalue weighted by atomic mass is 10.0. The van der Waals surface area contributed by atoms with Crippen LogP contribution in [0.25, 0.3) is 0 Å². The lowest BCUT2D eigenvalue weighted by molar-refractivity contribution is -0.159. The molecule has 0 aliphatic carbocycles. The van der Waals surface area contributed by atoms with Crippen molar-refractivity contribution in [2.24, 2.45) is 20.0 Å². The van der Waals surface area contributed by atoms with E-state index < -0.39 is 28.9 Å². The summed E-state index contributed by atoms with van der Waals surface area (Å²) in [4.78, 5) is 40.6. The Labute approximate surface area is 140 Å². The molecule has 2 aliphatic heterocycles. The number of carbonyl (C=O) groups is 2. The third-order valence-electron chi connectivity index (χ3n) is 2.67. The first-order valence-electron chi connectivity index (χ1n) is 7.33. The molecule has 0 fully saturated rings. The van der Waals surface area contributed by atoms with Gasteiger partial charge in [-0.15, -0.1) is 0 Å². The van der Waals surface area contributed by atoms with Crippen LogP contribution in [0.1, 0.15) is 41.5 Å². The molecule has 1 unspecified atom stereocenters. The van der Waals surface area contributed by atoms with Crippen LogP contribution in [-0.4, -0.2) is 53.2 Å². The molecule has 1 N–H and O–H groups in total. The van der Waals surface area contributed by atoms with E-state index in [0.29, 0.717) is 0 Å². The topological polar surface area (TPSA) is 114 Å². The second-order valence-corrected chi connectivity index (χ2v) is 7.21. The molecular formula is C15H20N5O4. The Morgan fingerprint density at radius 2 is 1.75 bits per heavy atom. The van der Waals surface area contributed by atoms with Crippen LogP contribution in [0.15, 0.2) is 20.0 Å². The van der Waals surface area contributed by atoms with Gasteiger partial charge in [0.2, 0.25) is 0 Å². The summed E-state index contributed by atoms with van der Waals surface area (Å²) < 4.78 is 10.6. The molecule has 129 valence electrons. The first kappa shape index (κ1) is 17.8. The van der Waals surface area contributed by atoms with E-state index in [4.69, 9.17) is 9.47 Å². The standard InChI is InChI=1S/C15H20N5O4/c1-13(2,3)23-11(21)15(20-12(22)24-14(4,5)6)9-10(17-7-16-9)18-8-19-15/h7H,1-6H3,(H,20,22). The van der Waals surface area contributed by atoms with Gasteiger partial charge < -0.3 is 9.47 Å². The zero-order chi connectivity index (χ0) is 18.2. The van der Waals surface area contributed by atoms with Gasteiger partial charge in [0.15, 0.2) is 12.2 Å². The highest BCUT2D eigenvalue weighted by Gasteiger charge is 2.52. The van der Waals surface area contributed by atoms with Crippen molar-refractivity contribution in [1.29, 1.82) is 0 Å². The van der Waals surface area contributed by atoms with Gasteiger partial charge in [-0.05, 0) is 41.5 Å². The van der Waals surface area contributed by atoms with Gasteiger partial charge in [-0.1, -0.05) is 0 Å². The summed E-state index contributed by atoms with van der Waals surface area (Å²) in [6.07, 6.45) is 2.69. The van der Waals surface area contributed by atoms with Gasteiger partial charge in [0.25, 0.3) is 5.66 Å². The van der Waals surface area contributed by atoms with E-state index in [9.17, 15) is 9.59 Å². The Morgan fingerprint density at radius 3 is 2.33 bits per heavy atom. The molecule has 2 aliphatic rings. The number of hydrogen-bond donors (Lipinski definition) is 1. The number of amidine groups is 1. The van der Waals surface area contributed by atoms with Crippen molar-refractivity contribution in [3.05, 3.63) is 0 Å². The Morgan fingerprint density at radius 1 is 1.12 bits per heavy atom. The number of rotatable bonds is 2. The molecule has 0 saturated carbocycles. The number of ether oxygens (including phenoxy) is 2. The summed E-state index contributed by atoms with van der Waals surface area (Å²) in [5.74, 6) is -0.697. The van der Waals surface area contributed by atoms with Crippen LogP contribution in [0.3, 0.4) is 0 Å². The molecule has 24 heavy (non-hydrogen) atoms. The highest BCUT2D eigenvalue weighted by Crippen LogP contribution is 2.23. The molecule has 9 heteroatoms. The van der Waals surface area contributed by atoms with E-state index in [1.54, 1.807) is 41.5 Å². The molecule has 2 heterocycles. The van der Waals surface area contributed by atoms with E-state index in [1.807, 2.05) is 0 Å². The summed E-state index contributed by atoms with van der Waals surface area (Å²) in [6, 6.07) is 0. The number of esters is 1. The lowest BCUT2D eigenvalue weighted by Crippen LogP contribution is -2.63. The van der Waals surface area contributed by atoms with Crippen molar-refractivity contribution in [3.63, 3.8) is 0 Å². The number of aliphatic imine (C=N–C) groups is 4. The largest absolute Gasteiger partial charge is 0.456 e. The molecule has 1 radical (unpaired) electrons. The maximum absolute atomic E-state index is 12.8. The average molecular weight is 334 g/mol. The van der Waals surface area contributed by atoms with Gasteiger partial charge in [0.05, 0.1) is 0 Å². The molecule has 1 atom stereocenters. The van der Waals surface area contributed by atoms with Crippen LogP contribution >= 0.6 is 0 Å². The van der Waals surface area contributed by atoms with Crippen LogP contribution in [0.2, 0.25) is 0 Å². The Balaban J connectivity index is 2.37. The molecule has 9 nitrogen and oxygen atoms in total. The Bertz CT molecular complexity index is 679. The van der Waals surface area contributed by atoms with Gasteiger partial charge in [-0.25, -0.2) is 29.6 Å². The summed E-state index contributed by atoms with van der Waals surface area (Å²) in [6.45, 7) is 10.2. The molecular weight excluding hydrogens is 314 g/mol. The number of amides is 1.